The molecule has 1 heterocycles. The summed E-state index contributed by atoms with van der Waals surface area (Å²) in [7, 11) is 0. The van der Waals surface area contributed by atoms with Crippen molar-refractivity contribution in [2.75, 3.05) is 19.8 Å². The first-order valence-electron chi connectivity index (χ1n) is 18.8. The van der Waals surface area contributed by atoms with E-state index in [1.165, 1.54) is 63.9 Å². The minimum absolute atomic E-state index is 0.117. The molecule has 0 aromatic rings. The molecule has 47 heavy (non-hydrogen) atoms. The number of carbonyl (C=O) groups excluding carboxylic acids is 1. The second kappa shape index (κ2) is 14.9. The first-order chi connectivity index (χ1) is 22.2. The van der Waals surface area contributed by atoms with E-state index in [1.54, 1.807) is 0 Å². The fraction of sp³-hybridized carbons (Fsp3) is 0.921. The predicted molar refractivity (Wildman–Crippen MR) is 180 cm³/mol. The minimum atomic E-state index is -1.51. The summed E-state index contributed by atoms with van der Waals surface area (Å²) in [6.07, 6.45) is 10.4. The molecule has 13 atom stereocenters. The average molecular weight is 664 g/mol. The molecule has 9 nitrogen and oxygen atoms in total. The average Bonchev–Trinajstić information content (AvgIpc) is 3.39. The van der Waals surface area contributed by atoms with Gasteiger partial charge >= 0.3 is 6.09 Å². The summed E-state index contributed by atoms with van der Waals surface area (Å²) in [6, 6.07) is 0. The van der Waals surface area contributed by atoms with Gasteiger partial charge in [0.15, 0.2) is 6.29 Å². The highest BCUT2D eigenvalue weighted by Gasteiger charge is 2.59. The van der Waals surface area contributed by atoms with Crippen molar-refractivity contribution in [3.8, 4) is 0 Å². The Labute approximate surface area is 283 Å². The molecular weight excluding hydrogens is 598 g/mol. The zero-order valence-corrected chi connectivity index (χ0v) is 30.0. The van der Waals surface area contributed by atoms with Crippen molar-refractivity contribution in [1.82, 2.24) is 5.32 Å². The van der Waals surface area contributed by atoms with Gasteiger partial charge in [-0.2, -0.15) is 0 Å². The second-order valence-electron chi connectivity index (χ2n) is 17.1. The quantitative estimate of drug-likeness (QED) is 0.132. The number of amides is 1. The van der Waals surface area contributed by atoms with Crippen LogP contribution in [0.3, 0.4) is 0 Å². The largest absolute Gasteiger partial charge is 0.446 e. The number of ether oxygens (including phenoxy) is 3. The summed E-state index contributed by atoms with van der Waals surface area (Å²) < 4.78 is 17.0. The first kappa shape index (κ1) is 37.0. The minimum Gasteiger partial charge on any atom is -0.446 e. The molecule has 1 saturated heterocycles. The van der Waals surface area contributed by atoms with E-state index in [0.29, 0.717) is 18.4 Å². The number of nitrogens with one attached hydrogen (secondary N) is 1. The Hall–Kier alpha value is -1.23. The third-order valence-electron chi connectivity index (χ3n) is 13.7. The highest BCUT2D eigenvalue weighted by Crippen LogP contribution is 2.67. The molecule has 0 aromatic heterocycles. The van der Waals surface area contributed by atoms with Crippen LogP contribution in [0.5, 0.6) is 0 Å². The highest BCUT2D eigenvalue weighted by atomic mass is 16.7. The van der Waals surface area contributed by atoms with E-state index in [9.17, 15) is 25.2 Å². The van der Waals surface area contributed by atoms with Crippen molar-refractivity contribution in [2.45, 2.75) is 155 Å². The Balaban J connectivity index is 1.07. The van der Waals surface area contributed by atoms with Crippen LogP contribution in [-0.4, -0.2) is 82.6 Å². The number of carbonyl (C=O) groups is 1. The standard InChI is InChI=1S/C38H65NO8/c1-23(2)9-7-10-24(3)28-13-14-29-27-12-11-25-21-26(15-17-36(25,4)30(27)16-18-37(28,29)5)46-35(44)39-19-8-20-45-34-32(42)31(41)33(43)38(6,22-40)47-34/h11,23-24,26-34,40-43H,7-10,12-22H2,1-6H3,(H,39,44)/t24?,26?,27?,28?,29?,30?,31?,32?,33-,34?,36-,37+,38?/m0/s1. The summed E-state index contributed by atoms with van der Waals surface area (Å²) in [5.74, 6) is 4.84. The van der Waals surface area contributed by atoms with Gasteiger partial charge < -0.3 is 40.0 Å². The fourth-order valence-corrected chi connectivity index (χ4v) is 10.8. The zero-order chi connectivity index (χ0) is 34.1. The number of aliphatic hydroxyl groups excluding tert-OH is 4. The topological polar surface area (TPSA) is 138 Å². The summed E-state index contributed by atoms with van der Waals surface area (Å²) in [4.78, 5) is 12.7. The van der Waals surface area contributed by atoms with E-state index in [0.717, 1.165) is 54.8 Å². The predicted octanol–water partition coefficient (Wildman–Crippen LogP) is 5.72. The summed E-state index contributed by atoms with van der Waals surface area (Å²) in [6.45, 7) is 13.8. The summed E-state index contributed by atoms with van der Waals surface area (Å²) >= 11 is 0. The summed E-state index contributed by atoms with van der Waals surface area (Å²) in [5.41, 5.74) is 0.750. The molecule has 0 aromatic carbocycles. The first-order valence-corrected chi connectivity index (χ1v) is 18.8. The second-order valence-corrected chi connectivity index (χ2v) is 17.1. The molecule has 0 spiro atoms. The van der Waals surface area contributed by atoms with E-state index in [-0.39, 0.29) is 18.1 Å². The molecule has 4 aliphatic carbocycles. The van der Waals surface area contributed by atoms with Crippen molar-refractivity contribution in [3.63, 3.8) is 0 Å². The number of fused-ring (bicyclic) bond motifs is 5. The molecule has 10 unspecified atom stereocenters. The van der Waals surface area contributed by atoms with Gasteiger partial charge in [0.1, 0.15) is 30.0 Å². The van der Waals surface area contributed by atoms with Gasteiger partial charge in [-0.3, -0.25) is 0 Å². The smallest absolute Gasteiger partial charge is 0.407 e. The number of hydrogen-bond donors (Lipinski definition) is 5. The molecule has 1 amide bonds. The van der Waals surface area contributed by atoms with Crippen LogP contribution >= 0.6 is 0 Å². The summed E-state index contributed by atoms with van der Waals surface area (Å²) in [5, 5.41) is 42.8. The van der Waals surface area contributed by atoms with Gasteiger partial charge in [-0.1, -0.05) is 65.5 Å². The SMILES string of the molecule is CC(C)CCCC(C)C1CCC2C3CC=C4CC(OC(=O)NCCCOC5OC(C)(CO)[C@@H](O)C(O)C5O)CC[C@]4(C)C3CC[C@]12C. The van der Waals surface area contributed by atoms with Gasteiger partial charge in [-0.05, 0) is 105 Å². The normalized spacial score (nSPS) is 43.8. The van der Waals surface area contributed by atoms with Crippen LogP contribution < -0.4 is 5.32 Å². The van der Waals surface area contributed by atoms with Crippen molar-refractivity contribution in [1.29, 1.82) is 0 Å². The van der Waals surface area contributed by atoms with E-state index in [1.807, 2.05) is 0 Å². The van der Waals surface area contributed by atoms with E-state index in [4.69, 9.17) is 14.2 Å². The zero-order valence-electron chi connectivity index (χ0n) is 30.0. The van der Waals surface area contributed by atoms with Crippen LogP contribution in [0, 0.1) is 46.3 Å². The molecule has 1 aliphatic heterocycles. The molecule has 9 heteroatoms. The van der Waals surface area contributed by atoms with Crippen molar-refractivity contribution in [2.24, 2.45) is 46.3 Å². The number of aliphatic hydroxyl groups is 4. The Kier molecular flexibility index (Phi) is 11.8. The van der Waals surface area contributed by atoms with Gasteiger partial charge in [0.2, 0.25) is 0 Å². The molecule has 5 N–H and O–H groups in total. The van der Waals surface area contributed by atoms with Gasteiger partial charge in [0, 0.05) is 13.0 Å². The van der Waals surface area contributed by atoms with Crippen molar-refractivity contribution in [3.05, 3.63) is 11.6 Å². The van der Waals surface area contributed by atoms with E-state index < -0.39 is 42.9 Å². The Morgan fingerprint density at radius 1 is 1.00 bits per heavy atom. The van der Waals surface area contributed by atoms with Crippen molar-refractivity contribution >= 4 is 6.09 Å². The maximum absolute atomic E-state index is 12.7. The Morgan fingerprint density at radius 2 is 1.77 bits per heavy atom. The third-order valence-corrected chi connectivity index (χ3v) is 13.7. The maximum atomic E-state index is 12.7. The molecular formula is C38H65NO8. The lowest BCUT2D eigenvalue weighted by Gasteiger charge is -2.58. The fourth-order valence-electron chi connectivity index (χ4n) is 10.8. The van der Waals surface area contributed by atoms with Gasteiger partial charge in [-0.15, -0.1) is 0 Å². The Bertz CT molecular complexity index is 1100. The number of hydrogen-bond acceptors (Lipinski definition) is 8. The van der Waals surface area contributed by atoms with Crippen LogP contribution in [0.25, 0.3) is 0 Å². The number of alkyl carbamates (subject to hydrolysis) is 1. The van der Waals surface area contributed by atoms with Gasteiger partial charge in [0.25, 0.3) is 0 Å². The molecule has 3 saturated carbocycles. The molecule has 0 radical (unpaired) electrons. The van der Waals surface area contributed by atoms with Crippen LogP contribution in [0.2, 0.25) is 0 Å². The molecule has 270 valence electrons. The molecule has 4 fully saturated rings. The molecule has 5 aliphatic rings. The maximum Gasteiger partial charge on any atom is 0.407 e. The highest BCUT2D eigenvalue weighted by molar-refractivity contribution is 5.67. The number of rotatable bonds is 12. The van der Waals surface area contributed by atoms with Gasteiger partial charge in [-0.25, -0.2) is 4.79 Å². The van der Waals surface area contributed by atoms with Crippen LogP contribution in [0.1, 0.15) is 119 Å². The van der Waals surface area contributed by atoms with Crippen LogP contribution in [0.15, 0.2) is 11.6 Å². The number of allylic oxidation sites excluding steroid dienone is 1. The molecule has 5 rings (SSSR count). The molecule has 0 bridgehead atoms. The van der Waals surface area contributed by atoms with Crippen LogP contribution in [0.4, 0.5) is 4.79 Å². The third kappa shape index (κ3) is 7.46. The lowest BCUT2D eigenvalue weighted by atomic mass is 9.47. The lowest BCUT2D eigenvalue weighted by molar-refractivity contribution is -0.333. The van der Waals surface area contributed by atoms with Crippen molar-refractivity contribution < 1.29 is 39.4 Å². The van der Waals surface area contributed by atoms with E-state index >= 15 is 0 Å². The monoisotopic (exact) mass is 663 g/mol. The Morgan fingerprint density at radius 3 is 2.49 bits per heavy atom. The van der Waals surface area contributed by atoms with Gasteiger partial charge in [0.05, 0.1) is 13.2 Å². The lowest BCUT2D eigenvalue weighted by Crippen LogP contribution is -2.65. The van der Waals surface area contributed by atoms with Crippen LogP contribution in [-0.2, 0) is 14.2 Å². The van der Waals surface area contributed by atoms with E-state index in [2.05, 4.69) is 46.0 Å².